The maximum atomic E-state index is 11.7. The van der Waals surface area contributed by atoms with Gasteiger partial charge in [0, 0.05) is 0 Å². The zero-order chi connectivity index (χ0) is 15.8. The largest absolute Gasteiger partial charge is 0.445 e. The molecule has 22 heavy (non-hydrogen) atoms. The van der Waals surface area contributed by atoms with Crippen molar-refractivity contribution in [2.75, 3.05) is 13.1 Å². The van der Waals surface area contributed by atoms with Crippen LogP contribution in [0.2, 0.25) is 0 Å². The highest BCUT2D eigenvalue weighted by atomic mass is 16.5. The summed E-state index contributed by atoms with van der Waals surface area (Å²) in [5, 5.41) is 7.53. The smallest absolute Gasteiger partial charge is 0.407 e. The van der Waals surface area contributed by atoms with E-state index in [2.05, 4.69) is 16.0 Å². The monoisotopic (exact) mass is 305 g/mol. The molecule has 0 spiro atoms. The van der Waals surface area contributed by atoms with Crippen LogP contribution in [-0.4, -0.2) is 37.0 Å². The van der Waals surface area contributed by atoms with E-state index in [1.54, 1.807) is 0 Å². The van der Waals surface area contributed by atoms with Crippen molar-refractivity contribution in [2.24, 2.45) is 0 Å². The van der Waals surface area contributed by atoms with E-state index in [1.807, 2.05) is 30.3 Å². The molecular formula is C15H19N3O4. The molecule has 0 saturated carbocycles. The number of carbonyl (C=O) groups is 3. The summed E-state index contributed by atoms with van der Waals surface area (Å²) in [6.07, 6.45) is 0.924. The van der Waals surface area contributed by atoms with Crippen molar-refractivity contribution in [1.82, 2.24) is 16.0 Å². The molecule has 1 aliphatic heterocycles. The van der Waals surface area contributed by atoms with Crippen LogP contribution in [0.5, 0.6) is 0 Å². The maximum Gasteiger partial charge on any atom is 0.407 e. The average Bonchev–Trinajstić information content (AvgIpc) is 3.06. The molecule has 1 fully saturated rings. The first kappa shape index (κ1) is 16.0. The van der Waals surface area contributed by atoms with Crippen LogP contribution in [0.25, 0.3) is 0 Å². The van der Waals surface area contributed by atoms with E-state index >= 15 is 0 Å². The lowest BCUT2D eigenvalue weighted by atomic mass is 10.2. The van der Waals surface area contributed by atoms with E-state index in [9.17, 15) is 14.4 Å². The second-order valence-electron chi connectivity index (χ2n) is 4.98. The highest BCUT2D eigenvalue weighted by molar-refractivity contribution is 5.99. The van der Waals surface area contributed by atoms with Crippen molar-refractivity contribution >= 4 is 17.9 Å². The predicted molar refractivity (Wildman–Crippen MR) is 78.8 cm³/mol. The fourth-order valence-corrected chi connectivity index (χ4v) is 2.10. The second-order valence-corrected chi connectivity index (χ2v) is 4.98. The molecule has 1 atom stereocenters. The van der Waals surface area contributed by atoms with Crippen LogP contribution < -0.4 is 16.0 Å². The fourth-order valence-electron chi connectivity index (χ4n) is 2.10. The van der Waals surface area contributed by atoms with Gasteiger partial charge in [-0.1, -0.05) is 30.3 Å². The van der Waals surface area contributed by atoms with E-state index in [0.717, 1.165) is 18.5 Å². The zero-order valence-corrected chi connectivity index (χ0v) is 12.1. The van der Waals surface area contributed by atoms with E-state index in [0.29, 0.717) is 6.42 Å². The molecule has 3 N–H and O–H groups in total. The summed E-state index contributed by atoms with van der Waals surface area (Å²) in [5.74, 6) is -0.919. The van der Waals surface area contributed by atoms with Crippen LogP contribution in [0.4, 0.5) is 4.79 Å². The number of hydrogen-bond acceptors (Lipinski definition) is 5. The first-order chi connectivity index (χ1) is 10.6. The molecule has 0 unspecified atom stereocenters. The van der Waals surface area contributed by atoms with Gasteiger partial charge in [0.15, 0.2) is 0 Å². The Morgan fingerprint density at radius 1 is 1.23 bits per heavy atom. The molecule has 0 aliphatic carbocycles. The Labute approximate surface area is 128 Å². The van der Waals surface area contributed by atoms with Gasteiger partial charge < -0.3 is 15.4 Å². The van der Waals surface area contributed by atoms with Gasteiger partial charge in [0.05, 0.1) is 6.04 Å². The summed E-state index contributed by atoms with van der Waals surface area (Å²) in [4.78, 5) is 34.7. The third-order valence-corrected chi connectivity index (χ3v) is 3.25. The molecule has 118 valence electrons. The molecule has 0 bridgehead atoms. The van der Waals surface area contributed by atoms with Crippen LogP contribution in [0, 0.1) is 0 Å². The SMILES string of the molecule is O=C(CNC(=O)OCc1ccccc1)NC(=O)[C@@H]1CCCN1. The Kier molecular flexibility index (Phi) is 5.91. The van der Waals surface area contributed by atoms with Gasteiger partial charge in [-0.2, -0.15) is 0 Å². The lowest BCUT2D eigenvalue weighted by molar-refractivity contribution is -0.130. The minimum atomic E-state index is -0.703. The van der Waals surface area contributed by atoms with E-state index in [4.69, 9.17) is 4.74 Å². The molecule has 1 saturated heterocycles. The molecule has 7 heteroatoms. The highest BCUT2D eigenvalue weighted by Gasteiger charge is 2.23. The normalized spacial score (nSPS) is 16.8. The van der Waals surface area contributed by atoms with Crippen LogP contribution >= 0.6 is 0 Å². The number of carbonyl (C=O) groups excluding carboxylic acids is 3. The van der Waals surface area contributed by atoms with Gasteiger partial charge >= 0.3 is 6.09 Å². The summed E-state index contributed by atoms with van der Waals surface area (Å²) in [6.45, 7) is 0.599. The number of benzene rings is 1. The summed E-state index contributed by atoms with van der Waals surface area (Å²) < 4.78 is 4.96. The molecule has 3 amide bonds. The summed E-state index contributed by atoms with van der Waals surface area (Å²) in [6, 6.07) is 8.87. The van der Waals surface area contributed by atoms with Gasteiger partial charge in [0.25, 0.3) is 0 Å². The van der Waals surface area contributed by atoms with E-state index < -0.39 is 12.0 Å². The van der Waals surface area contributed by atoms with Gasteiger partial charge in [-0.05, 0) is 24.9 Å². The number of imide groups is 1. The third kappa shape index (κ3) is 5.17. The topological polar surface area (TPSA) is 96.5 Å². The predicted octanol–water partition coefficient (Wildman–Crippen LogP) is 0.308. The molecule has 1 aromatic carbocycles. The van der Waals surface area contributed by atoms with Gasteiger partial charge in [0.2, 0.25) is 11.8 Å². The van der Waals surface area contributed by atoms with Crippen molar-refractivity contribution in [3.8, 4) is 0 Å². The number of amides is 3. The Bertz CT molecular complexity index is 527. The molecule has 0 radical (unpaired) electrons. The van der Waals surface area contributed by atoms with Gasteiger partial charge in [-0.15, -0.1) is 0 Å². The van der Waals surface area contributed by atoms with Gasteiger partial charge in [0.1, 0.15) is 13.2 Å². The zero-order valence-electron chi connectivity index (χ0n) is 12.1. The lowest BCUT2D eigenvalue weighted by Gasteiger charge is -2.10. The summed E-state index contributed by atoms with van der Waals surface area (Å²) in [5.41, 5.74) is 0.851. The van der Waals surface area contributed by atoms with E-state index in [-0.39, 0.29) is 25.1 Å². The molecule has 7 nitrogen and oxygen atoms in total. The maximum absolute atomic E-state index is 11.7. The Morgan fingerprint density at radius 3 is 2.68 bits per heavy atom. The first-order valence-corrected chi connectivity index (χ1v) is 7.17. The van der Waals surface area contributed by atoms with Gasteiger partial charge in [-0.3, -0.25) is 14.9 Å². The summed E-state index contributed by atoms with van der Waals surface area (Å²) >= 11 is 0. The van der Waals surface area contributed by atoms with Gasteiger partial charge in [-0.25, -0.2) is 4.79 Å². The fraction of sp³-hybridized carbons (Fsp3) is 0.400. The first-order valence-electron chi connectivity index (χ1n) is 7.17. The molecule has 1 aromatic rings. The quantitative estimate of drug-likeness (QED) is 0.727. The van der Waals surface area contributed by atoms with Crippen LogP contribution in [-0.2, 0) is 20.9 Å². The van der Waals surface area contributed by atoms with Crippen molar-refractivity contribution in [1.29, 1.82) is 0 Å². The Hall–Kier alpha value is -2.41. The highest BCUT2D eigenvalue weighted by Crippen LogP contribution is 2.04. The molecule has 1 aliphatic rings. The van der Waals surface area contributed by atoms with Crippen LogP contribution in [0.1, 0.15) is 18.4 Å². The summed E-state index contributed by atoms with van der Waals surface area (Å²) in [7, 11) is 0. The standard InChI is InChI=1S/C15H19N3O4/c19-13(18-14(20)12-7-4-8-16-12)9-17-15(21)22-10-11-5-2-1-3-6-11/h1-3,5-6,12,16H,4,7-10H2,(H,17,21)(H,18,19,20)/t12-/m0/s1. The Morgan fingerprint density at radius 2 is 2.00 bits per heavy atom. The number of nitrogens with one attached hydrogen (secondary N) is 3. The number of alkyl carbamates (subject to hydrolysis) is 1. The second kappa shape index (κ2) is 8.14. The van der Waals surface area contributed by atoms with Crippen LogP contribution in [0.15, 0.2) is 30.3 Å². The average molecular weight is 305 g/mol. The minimum absolute atomic E-state index is 0.124. The van der Waals surface area contributed by atoms with Crippen molar-refractivity contribution in [3.05, 3.63) is 35.9 Å². The van der Waals surface area contributed by atoms with Crippen molar-refractivity contribution < 1.29 is 19.1 Å². The molecule has 1 heterocycles. The van der Waals surface area contributed by atoms with Crippen molar-refractivity contribution in [2.45, 2.75) is 25.5 Å². The number of hydrogen-bond donors (Lipinski definition) is 3. The number of rotatable bonds is 5. The number of ether oxygens (including phenoxy) is 1. The minimum Gasteiger partial charge on any atom is -0.445 e. The molecular weight excluding hydrogens is 286 g/mol. The van der Waals surface area contributed by atoms with E-state index in [1.165, 1.54) is 0 Å². The lowest BCUT2D eigenvalue weighted by Crippen LogP contribution is -2.46. The van der Waals surface area contributed by atoms with Crippen molar-refractivity contribution in [3.63, 3.8) is 0 Å². The third-order valence-electron chi connectivity index (χ3n) is 3.25. The van der Waals surface area contributed by atoms with Crippen LogP contribution in [0.3, 0.4) is 0 Å². The Balaban J connectivity index is 1.63. The molecule has 0 aromatic heterocycles. The molecule has 2 rings (SSSR count).